The number of nitrogens with zero attached hydrogens (tertiary/aromatic N) is 2. The molecule has 0 saturated carbocycles. The van der Waals surface area contributed by atoms with Gasteiger partial charge in [-0.3, -0.25) is 0 Å². The largest absolute Gasteiger partial charge is 0.192 e. The van der Waals surface area contributed by atoms with Crippen molar-refractivity contribution in [2.24, 2.45) is 0 Å². The highest BCUT2D eigenvalue weighted by molar-refractivity contribution is 8.01. The van der Waals surface area contributed by atoms with E-state index in [4.69, 9.17) is 10.5 Å². The highest BCUT2D eigenvalue weighted by Crippen LogP contribution is 2.21. The van der Waals surface area contributed by atoms with E-state index in [1.54, 1.807) is 0 Å². The molecule has 2 aromatic carbocycles. The first-order chi connectivity index (χ1) is 11.1. The van der Waals surface area contributed by atoms with Gasteiger partial charge >= 0.3 is 0 Å². The topological polar surface area (TPSA) is 64.7 Å². The van der Waals surface area contributed by atoms with Crippen molar-refractivity contribution in [2.75, 3.05) is 5.75 Å². The smallest absolute Gasteiger partial charge is 0.138 e. The number of allylic oxidation sites excluding steroid dienone is 1. The fourth-order valence-electron chi connectivity index (χ4n) is 2.28. The third-order valence-electron chi connectivity index (χ3n) is 3.38. The molecule has 0 radical (unpaired) electrons. The number of rotatable bonds is 6. The summed E-state index contributed by atoms with van der Waals surface area (Å²) in [7, 11) is -2.29. The molecule has 4 heteroatoms. The van der Waals surface area contributed by atoms with E-state index in [1.807, 2.05) is 72.8 Å². The second kappa shape index (κ2) is 8.08. The SMILES string of the molecule is N#CC(C#N)=CC[S+](=O)(Cc1ccccc1)Cc1ccccc1. The van der Waals surface area contributed by atoms with Crippen LogP contribution >= 0.6 is 0 Å². The van der Waals surface area contributed by atoms with E-state index in [2.05, 4.69) is 0 Å². The van der Waals surface area contributed by atoms with E-state index in [-0.39, 0.29) is 11.3 Å². The lowest BCUT2D eigenvalue weighted by Gasteiger charge is -2.11. The van der Waals surface area contributed by atoms with Crippen molar-refractivity contribution in [3.63, 3.8) is 0 Å². The van der Waals surface area contributed by atoms with E-state index in [0.29, 0.717) is 11.5 Å². The summed E-state index contributed by atoms with van der Waals surface area (Å²) in [6, 6.07) is 23.0. The summed E-state index contributed by atoms with van der Waals surface area (Å²) in [5.74, 6) is 1.10. The third kappa shape index (κ3) is 5.21. The molecule has 0 aliphatic heterocycles. The van der Waals surface area contributed by atoms with Gasteiger partial charge in [0.2, 0.25) is 0 Å². The van der Waals surface area contributed by atoms with Crippen LogP contribution in [0.15, 0.2) is 72.3 Å². The maximum absolute atomic E-state index is 13.4. The van der Waals surface area contributed by atoms with Crippen molar-refractivity contribution in [1.82, 2.24) is 0 Å². The molecule has 0 saturated heterocycles. The molecule has 2 rings (SSSR count). The van der Waals surface area contributed by atoms with Gasteiger partial charge in [0.05, 0.1) is 9.93 Å². The Bertz CT molecular complexity index is 737. The highest BCUT2D eigenvalue weighted by atomic mass is 32.2. The van der Waals surface area contributed by atoms with Crippen LogP contribution in [-0.4, -0.2) is 5.75 Å². The lowest BCUT2D eigenvalue weighted by Crippen LogP contribution is -2.20. The van der Waals surface area contributed by atoms with Crippen molar-refractivity contribution in [3.05, 3.63) is 83.4 Å². The molecule has 0 heterocycles. The summed E-state index contributed by atoms with van der Waals surface area (Å²) in [6.45, 7) is 0. The van der Waals surface area contributed by atoms with Gasteiger partial charge in [0.15, 0.2) is 0 Å². The van der Waals surface area contributed by atoms with Crippen molar-refractivity contribution < 1.29 is 4.21 Å². The first kappa shape index (κ1) is 16.7. The number of hydrogen-bond acceptors (Lipinski definition) is 3. The summed E-state index contributed by atoms with van der Waals surface area (Å²) in [6.07, 6.45) is 1.49. The normalized spacial score (nSPS) is 10.3. The van der Waals surface area contributed by atoms with Crippen LogP contribution in [0.2, 0.25) is 0 Å². The van der Waals surface area contributed by atoms with Crippen molar-refractivity contribution in [1.29, 1.82) is 10.5 Å². The number of benzene rings is 2. The Morgan fingerprint density at radius 3 is 1.70 bits per heavy atom. The van der Waals surface area contributed by atoms with Crippen molar-refractivity contribution in [3.8, 4) is 12.1 Å². The molecule has 0 atom stereocenters. The minimum Gasteiger partial charge on any atom is -0.192 e. The molecule has 0 aliphatic carbocycles. The van der Waals surface area contributed by atoms with Gasteiger partial charge in [0.25, 0.3) is 0 Å². The Kier molecular flexibility index (Phi) is 5.86. The van der Waals surface area contributed by atoms with Gasteiger partial charge in [-0.25, -0.2) is 0 Å². The molecule has 23 heavy (non-hydrogen) atoms. The first-order valence-corrected chi connectivity index (χ1v) is 9.27. The van der Waals surface area contributed by atoms with Crippen LogP contribution < -0.4 is 0 Å². The summed E-state index contributed by atoms with van der Waals surface area (Å²) in [5, 5.41) is 17.7. The molecule has 0 fully saturated rings. The lowest BCUT2D eigenvalue weighted by molar-refractivity contribution is 0.584. The van der Waals surface area contributed by atoms with Gasteiger partial charge < -0.3 is 0 Å². The van der Waals surface area contributed by atoms with Gasteiger partial charge in [-0.2, -0.15) is 10.5 Å². The summed E-state index contributed by atoms with van der Waals surface area (Å²) < 4.78 is 13.4. The fraction of sp³-hybridized carbons (Fsp3) is 0.158. The highest BCUT2D eigenvalue weighted by Gasteiger charge is 2.28. The van der Waals surface area contributed by atoms with Gasteiger partial charge in [0, 0.05) is 11.1 Å². The molecule has 0 bridgehead atoms. The zero-order chi connectivity index (χ0) is 16.5. The van der Waals surface area contributed by atoms with E-state index in [1.165, 1.54) is 6.08 Å². The third-order valence-corrected chi connectivity index (χ3v) is 5.87. The molecule has 0 unspecified atom stereocenters. The maximum atomic E-state index is 13.4. The van der Waals surface area contributed by atoms with Crippen LogP contribution in [0.1, 0.15) is 11.1 Å². The molecule has 0 aliphatic rings. The van der Waals surface area contributed by atoms with Crippen LogP contribution in [0.5, 0.6) is 0 Å². The van der Waals surface area contributed by atoms with Crippen LogP contribution in [0.25, 0.3) is 0 Å². The quantitative estimate of drug-likeness (QED) is 0.599. The number of hydrogen-bond donors (Lipinski definition) is 0. The molecule has 114 valence electrons. The van der Waals surface area contributed by atoms with Crippen LogP contribution in [0.4, 0.5) is 0 Å². The minimum atomic E-state index is -2.29. The standard InChI is InChI=1S/C19H17N2OS/c20-13-19(14-21)11-12-23(22,15-17-7-3-1-4-8-17)16-18-9-5-2-6-10-18/h1-11H,12,15-16H2/q+1. The van der Waals surface area contributed by atoms with E-state index in [9.17, 15) is 4.21 Å². The van der Waals surface area contributed by atoms with Crippen molar-refractivity contribution >= 4 is 9.93 Å². The Morgan fingerprint density at radius 1 is 0.870 bits per heavy atom. The van der Waals surface area contributed by atoms with Crippen LogP contribution in [0.3, 0.4) is 0 Å². The second-order valence-corrected chi connectivity index (χ2v) is 8.08. The second-order valence-electron chi connectivity index (χ2n) is 5.23. The van der Waals surface area contributed by atoms with Crippen LogP contribution in [0, 0.1) is 22.7 Å². The average Bonchev–Trinajstić information content (AvgIpc) is 2.57. The van der Waals surface area contributed by atoms with Gasteiger partial charge in [-0.05, 0) is 6.08 Å². The van der Waals surface area contributed by atoms with Crippen molar-refractivity contribution in [2.45, 2.75) is 11.5 Å². The minimum absolute atomic E-state index is 0.0128. The molecule has 3 nitrogen and oxygen atoms in total. The van der Waals surface area contributed by atoms with Crippen LogP contribution in [-0.2, 0) is 25.6 Å². The fourth-order valence-corrected chi connectivity index (χ4v) is 4.68. The van der Waals surface area contributed by atoms with E-state index >= 15 is 0 Å². The Balaban J connectivity index is 2.27. The predicted molar refractivity (Wildman–Crippen MR) is 92.5 cm³/mol. The van der Waals surface area contributed by atoms with E-state index < -0.39 is 9.93 Å². The Labute approximate surface area is 137 Å². The number of nitriles is 2. The average molecular weight is 321 g/mol. The van der Waals surface area contributed by atoms with E-state index in [0.717, 1.165) is 11.1 Å². The maximum Gasteiger partial charge on any atom is 0.138 e. The molecule has 2 aromatic rings. The molecule has 0 amide bonds. The molecule has 0 spiro atoms. The summed E-state index contributed by atoms with van der Waals surface area (Å²) >= 11 is 0. The Morgan fingerprint density at radius 2 is 1.30 bits per heavy atom. The molecular weight excluding hydrogens is 304 g/mol. The van der Waals surface area contributed by atoms with Gasteiger partial charge in [-0.1, -0.05) is 60.7 Å². The zero-order valence-electron chi connectivity index (χ0n) is 12.7. The molecule has 0 aromatic heterocycles. The first-order valence-electron chi connectivity index (χ1n) is 7.21. The molecule has 0 N–H and O–H groups in total. The zero-order valence-corrected chi connectivity index (χ0v) is 13.5. The summed E-state index contributed by atoms with van der Waals surface area (Å²) in [5.41, 5.74) is 2.01. The van der Waals surface area contributed by atoms with Gasteiger partial charge in [0.1, 0.15) is 35.0 Å². The molecular formula is C19H17N2OS+. The van der Waals surface area contributed by atoms with Gasteiger partial charge in [-0.15, -0.1) is 4.21 Å². The summed E-state index contributed by atoms with van der Waals surface area (Å²) in [4.78, 5) is 0. The Hall–Kier alpha value is -2.69. The predicted octanol–water partition coefficient (Wildman–Crippen LogP) is 3.86. The lowest BCUT2D eigenvalue weighted by atomic mass is 10.2. The monoisotopic (exact) mass is 321 g/mol.